The molecule has 0 saturated heterocycles. The van der Waals surface area contributed by atoms with Crippen LogP contribution in [0.2, 0.25) is 0 Å². The number of hydrogen-bond donors (Lipinski definition) is 1. The van der Waals surface area contributed by atoms with Crippen molar-refractivity contribution in [1.29, 1.82) is 0 Å². The summed E-state index contributed by atoms with van der Waals surface area (Å²) in [4.78, 5) is 14.3. The van der Waals surface area contributed by atoms with Gasteiger partial charge < -0.3 is 14.8 Å². The summed E-state index contributed by atoms with van der Waals surface area (Å²) in [5.41, 5.74) is 1.17. The van der Waals surface area contributed by atoms with Crippen LogP contribution in [0.15, 0.2) is 18.3 Å². The molecule has 0 aromatic carbocycles. The number of carbonyl (C=O) groups is 1. The van der Waals surface area contributed by atoms with E-state index in [-0.39, 0.29) is 5.91 Å². The van der Waals surface area contributed by atoms with Crippen LogP contribution >= 0.6 is 0 Å². The van der Waals surface area contributed by atoms with Crippen LogP contribution in [0.1, 0.15) is 39.8 Å². The van der Waals surface area contributed by atoms with Crippen LogP contribution in [-0.4, -0.2) is 34.5 Å². The molecule has 114 valence electrons. The molecule has 0 saturated carbocycles. The Labute approximate surface area is 123 Å². The second-order valence-electron chi connectivity index (χ2n) is 5.97. The molecule has 1 atom stereocenters. The summed E-state index contributed by atoms with van der Waals surface area (Å²) in [7, 11) is 2.02. The maximum absolute atomic E-state index is 12.4. The van der Waals surface area contributed by atoms with Gasteiger partial charge in [0.1, 0.15) is 0 Å². The molecule has 0 fully saturated rings. The molecule has 1 aromatic heterocycles. The van der Waals surface area contributed by atoms with E-state index in [1.54, 1.807) is 0 Å². The summed E-state index contributed by atoms with van der Waals surface area (Å²) in [6.45, 7) is 10.4. The number of aromatic nitrogens is 1. The Bertz CT molecular complexity index is 412. The van der Waals surface area contributed by atoms with Crippen molar-refractivity contribution in [2.75, 3.05) is 13.1 Å². The predicted octanol–water partition coefficient (Wildman–Crippen LogP) is 2.40. The number of rotatable bonds is 8. The van der Waals surface area contributed by atoms with Gasteiger partial charge in [0.25, 0.3) is 0 Å². The molecular weight excluding hydrogens is 250 g/mol. The molecule has 1 amide bonds. The maximum atomic E-state index is 12.4. The van der Waals surface area contributed by atoms with Gasteiger partial charge in [0, 0.05) is 31.5 Å². The molecule has 1 rings (SSSR count). The average Bonchev–Trinajstić information content (AvgIpc) is 2.79. The van der Waals surface area contributed by atoms with Crippen LogP contribution in [0, 0.1) is 5.92 Å². The van der Waals surface area contributed by atoms with Gasteiger partial charge in [0.15, 0.2) is 0 Å². The van der Waals surface area contributed by atoms with Crippen LogP contribution < -0.4 is 5.32 Å². The molecule has 1 N–H and O–H groups in total. The average molecular weight is 279 g/mol. The number of amides is 1. The SMILES string of the molecule is CCC(C)NCC(=O)N(Cc1cccn1C)CC(C)C. The molecule has 0 aliphatic rings. The van der Waals surface area contributed by atoms with Crippen LogP contribution in [0.5, 0.6) is 0 Å². The van der Waals surface area contributed by atoms with Crippen molar-refractivity contribution in [3.05, 3.63) is 24.0 Å². The Morgan fingerprint density at radius 2 is 2.10 bits per heavy atom. The van der Waals surface area contributed by atoms with E-state index in [1.807, 2.05) is 24.2 Å². The minimum Gasteiger partial charge on any atom is -0.353 e. The fourth-order valence-electron chi connectivity index (χ4n) is 2.07. The van der Waals surface area contributed by atoms with E-state index >= 15 is 0 Å². The van der Waals surface area contributed by atoms with Gasteiger partial charge in [0.05, 0.1) is 13.1 Å². The first-order valence-corrected chi connectivity index (χ1v) is 7.55. The highest BCUT2D eigenvalue weighted by molar-refractivity contribution is 5.78. The molecule has 20 heavy (non-hydrogen) atoms. The molecule has 0 spiro atoms. The molecule has 4 nitrogen and oxygen atoms in total. The number of carbonyl (C=O) groups excluding carboxylic acids is 1. The summed E-state index contributed by atoms with van der Waals surface area (Å²) in [6, 6.07) is 4.47. The van der Waals surface area contributed by atoms with Crippen molar-refractivity contribution in [2.24, 2.45) is 13.0 Å². The Hall–Kier alpha value is -1.29. The Kier molecular flexibility index (Phi) is 6.79. The van der Waals surface area contributed by atoms with E-state index in [0.29, 0.717) is 25.0 Å². The van der Waals surface area contributed by atoms with Gasteiger partial charge in [-0.3, -0.25) is 4.79 Å². The van der Waals surface area contributed by atoms with Crippen molar-refractivity contribution in [2.45, 2.75) is 46.7 Å². The number of nitrogens with zero attached hydrogens (tertiary/aromatic N) is 2. The third-order valence-corrected chi connectivity index (χ3v) is 3.56. The van der Waals surface area contributed by atoms with E-state index in [9.17, 15) is 4.79 Å². The third-order valence-electron chi connectivity index (χ3n) is 3.56. The van der Waals surface area contributed by atoms with E-state index in [2.05, 4.69) is 43.6 Å². The molecule has 0 bridgehead atoms. The number of nitrogens with one attached hydrogen (secondary N) is 1. The normalized spacial score (nSPS) is 12.7. The molecular formula is C16H29N3O. The number of aryl methyl sites for hydroxylation is 1. The summed E-state index contributed by atoms with van der Waals surface area (Å²) >= 11 is 0. The molecule has 0 aliphatic carbocycles. The minimum absolute atomic E-state index is 0.181. The highest BCUT2D eigenvalue weighted by atomic mass is 16.2. The van der Waals surface area contributed by atoms with Gasteiger partial charge in [-0.05, 0) is 31.4 Å². The Morgan fingerprint density at radius 3 is 2.60 bits per heavy atom. The van der Waals surface area contributed by atoms with Crippen LogP contribution in [-0.2, 0) is 18.4 Å². The first-order chi connectivity index (χ1) is 9.43. The number of hydrogen-bond acceptors (Lipinski definition) is 2. The van der Waals surface area contributed by atoms with Crippen molar-refractivity contribution in [3.63, 3.8) is 0 Å². The van der Waals surface area contributed by atoms with Gasteiger partial charge in [-0.1, -0.05) is 20.8 Å². The smallest absolute Gasteiger partial charge is 0.236 e. The first kappa shape index (κ1) is 16.8. The van der Waals surface area contributed by atoms with E-state index < -0.39 is 0 Å². The fraction of sp³-hybridized carbons (Fsp3) is 0.688. The van der Waals surface area contributed by atoms with Gasteiger partial charge in [-0.2, -0.15) is 0 Å². The zero-order chi connectivity index (χ0) is 15.1. The van der Waals surface area contributed by atoms with Crippen molar-refractivity contribution >= 4 is 5.91 Å². The monoisotopic (exact) mass is 279 g/mol. The van der Waals surface area contributed by atoms with Gasteiger partial charge >= 0.3 is 0 Å². The van der Waals surface area contributed by atoms with Gasteiger partial charge in [-0.15, -0.1) is 0 Å². The lowest BCUT2D eigenvalue weighted by Gasteiger charge is -2.26. The molecule has 0 radical (unpaired) electrons. The van der Waals surface area contributed by atoms with Crippen molar-refractivity contribution < 1.29 is 4.79 Å². The zero-order valence-electron chi connectivity index (χ0n) is 13.5. The lowest BCUT2D eigenvalue weighted by atomic mass is 10.2. The highest BCUT2D eigenvalue weighted by Crippen LogP contribution is 2.08. The van der Waals surface area contributed by atoms with Crippen LogP contribution in [0.4, 0.5) is 0 Å². The van der Waals surface area contributed by atoms with E-state index in [0.717, 1.165) is 13.0 Å². The highest BCUT2D eigenvalue weighted by Gasteiger charge is 2.16. The first-order valence-electron chi connectivity index (χ1n) is 7.55. The molecule has 1 unspecified atom stereocenters. The summed E-state index contributed by atoms with van der Waals surface area (Å²) in [5.74, 6) is 0.656. The molecule has 1 aromatic rings. The predicted molar refractivity (Wildman–Crippen MR) is 83.4 cm³/mol. The molecule has 0 aliphatic heterocycles. The zero-order valence-corrected chi connectivity index (χ0v) is 13.5. The van der Waals surface area contributed by atoms with Crippen molar-refractivity contribution in [1.82, 2.24) is 14.8 Å². The lowest BCUT2D eigenvalue weighted by molar-refractivity contribution is -0.131. The summed E-state index contributed by atoms with van der Waals surface area (Å²) in [5, 5.41) is 3.28. The van der Waals surface area contributed by atoms with E-state index in [1.165, 1.54) is 5.69 Å². The van der Waals surface area contributed by atoms with Crippen LogP contribution in [0.25, 0.3) is 0 Å². The second-order valence-corrected chi connectivity index (χ2v) is 5.97. The van der Waals surface area contributed by atoms with E-state index in [4.69, 9.17) is 0 Å². The summed E-state index contributed by atoms with van der Waals surface area (Å²) < 4.78 is 2.07. The molecule has 1 heterocycles. The van der Waals surface area contributed by atoms with Crippen LogP contribution in [0.3, 0.4) is 0 Å². The largest absolute Gasteiger partial charge is 0.353 e. The minimum atomic E-state index is 0.181. The Morgan fingerprint density at radius 1 is 1.40 bits per heavy atom. The van der Waals surface area contributed by atoms with Gasteiger partial charge in [-0.25, -0.2) is 0 Å². The van der Waals surface area contributed by atoms with Crippen molar-refractivity contribution in [3.8, 4) is 0 Å². The van der Waals surface area contributed by atoms with Gasteiger partial charge in [0.2, 0.25) is 5.91 Å². The topological polar surface area (TPSA) is 37.3 Å². The standard InChI is InChI=1S/C16H29N3O/c1-6-14(4)17-10-16(20)19(11-13(2)3)12-15-8-7-9-18(15)5/h7-9,13-14,17H,6,10-12H2,1-5H3. The quantitative estimate of drug-likeness (QED) is 0.793. The fourth-order valence-corrected chi connectivity index (χ4v) is 2.07. The summed E-state index contributed by atoms with van der Waals surface area (Å²) in [6.07, 6.45) is 3.06. The Balaban J connectivity index is 2.63. The lowest BCUT2D eigenvalue weighted by Crippen LogP contribution is -2.42. The molecule has 4 heteroatoms. The maximum Gasteiger partial charge on any atom is 0.236 e. The third kappa shape index (κ3) is 5.37. The second kappa shape index (κ2) is 8.10.